The maximum absolute atomic E-state index is 10.0. The van der Waals surface area contributed by atoms with E-state index in [-0.39, 0.29) is 0 Å². The molecule has 7 nitrogen and oxygen atoms in total. The van der Waals surface area contributed by atoms with Gasteiger partial charge in [-0.3, -0.25) is 0 Å². The van der Waals surface area contributed by atoms with E-state index >= 15 is 0 Å². The van der Waals surface area contributed by atoms with E-state index in [1.807, 2.05) is 62.5 Å². The number of phenolic OH excluding ortho intramolecular Hbond substituents is 1. The van der Waals surface area contributed by atoms with Crippen molar-refractivity contribution in [3.8, 4) is 28.4 Å². The van der Waals surface area contributed by atoms with Crippen LogP contribution in [0.15, 0.2) is 48.7 Å². The van der Waals surface area contributed by atoms with Crippen LogP contribution in [-0.2, 0) is 0 Å². The molecule has 0 saturated carbocycles. The zero-order valence-electron chi connectivity index (χ0n) is 16.7. The molecule has 0 radical (unpaired) electrons. The number of nitrogens with one attached hydrogen (secondary N) is 1. The number of methoxy groups -OCH3 is 2. The lowest BCUT2D eigenvalue weighted by atomic mass is 10.0. The summed E-state index contributed by atoms with van der Waals surface area (Å²) in [7, 11) is 3.22. The number of aromatic hydroxyl groups is 1. The summed E-state index contributed by atoms with van der Waals surface area (Å²) in [5, 5.41) is 17.7. The number of nitrogens with zero attached hydrogens (tertiary/aromatic N) is 3. The number of ether oxygens (including phenoxy) is 2. The van der Waals surface area contributed by atoms with Crippen molar-refractivity contribution in [2.45, 2.75) is 13.8 Å². The highest BCUT2D eigenvalue weighted by Crippen LogP contribution is 2.32. The Morgan fingerprint density at radius 2 is 1.69 bits per heavy atom. The van der Waals surface area contributed by atoms with Gasteiger partial charge < -0.3 is 19.9 Å². The molecule has 0 bridgehead atoms. The molecule has 0 amide bonds. The fourth-order valence-electron chi connectivity index (χ4n) is 3.26. The maximum atomic E-state index is 10.0. The molecule has 29 heavy (non-hydrogen) atoms. The van der Waals surface area contributed by atoms with Crippen molar-refractivity contribution >= 4 is 17.3 Å². The summed E-state index contributed by atoms with van der Waals surface area (Å²) < 4.78 is 12.4. The number of benzene rings is 2. The molecule has 148 valence electrons. The molecule has 2 aromatic heterocycles. The van der Waals surface area contributed by atoms with Crippen molar-refractivity contribution in [2.75, 3.05) is 19.5 Å². The molecule has 0 saturated heterocycles. The minimum absolute atomic E-state index is 0.328. The van der Waals surface area contributed by atoms with Gasteiger partial charge in [0, 0.05) is 17.8 Å². The third-order valence-corrected chi connectivity index (χ3v) is 4.81. The number of phenols is 1. The summed E-state index contributed by atoms with van der Waals surface area (Å²) >= 11 is 0. The Morgan fingerprint density at radius 1 is 0.931 bits per heavy atom. The summed E-state index contributed by atoms with van der Waals surface area (Å²) in [6.07, 6.45) is 1.92. The van der Waals surface area contributed by atoms with Gasteiger partial charge in [-0.2, -0.15) is 4.98 Å². The fourth-order valence-corrected chi connectivity index (χ4v) is 3.26. The SMILES string of the molecule is COc1ccc(OC)c(Nc2nc3ccc(-c4cc(C)c(O)c(C)c4)cn3n2)c1. The molecule has 0 aliphatic heterocycles. The van der Waals surface area contributed by atoms with Crippen LogP contribution >= 0.6 is 0 Å². The van der Waals surface area contributed by atoms with Crippen molar-refractivity contribution in [3.05, 3.63) is 59.8 Å². The van der Waals surface area contributed by atoms with E-state index in [4.69, 9.17) is 9.47 Å². The molecule has 4 aromatic rings. The number of hydrogen-bond acceptors (Lipinski definition) is 6. The van der Waals surface area contributed by atoms with Gasteiger partial charge in [0.05, 0.1) is 19.9 Å². The zero-order valence-corrected chi connectivity index (χ0v) is 16.7. The van der Waals surface area contributed by atoms with Gasteiger partial charge in [0.15, 0.2) is 5.65 Å². The normalized spacial score (nSPS) is 10.9. The Balaban J connectivity index is 1.69. The van der Waals surface area contributed by atoms with Gasteiger partial charge in [0.2, 0.25) is 5.95 Å². The Labute approximate surface area is 168 Å². The predicted octanol–water partition coefficient (Wildman–Crippen LogP) is 4.48. The number of rotatable bonds is 5. The van der Waals surface area contributed by atoms with Crippen LogP contribution in [0.1, 0.15) is 11.1 Å². The molecule has 0 fully saturated rings. The highest BCUT2D eigenvalue weighted by molar-refractivity contribution is 5.69. The number of pyridine rings is 1. The van der Waals surface area contributed by atoms with Gasteiger partial charge in [0.25, 0.3) is 0 Å². The average molecular weight is 390 g/mol. The minimum Gasteiger partial charge on any atom is -0.507 e. The number of hydrogen-bond donors (Lipinski definition) is 2. The maximum Gasteiger partial charge on any atom is 0.247 e. The average Bonchev–Trinajstić information content (AvgIpc) is 3.13. The summed E-state index contributed by atoms with van der Waals surface area (Å²) in [6.45, 7) is 3.78. The summed E-state index contributed by atoms with van der Waals surface area (Å²) in [5.74, 6) is 2.15. The van der Waals surface area contributed by atoms with Gasteiger partial charge in [-0.15, -0.1) is 5.10 Å². The molecule has 4 rings (SSSR count). The standard InChI is InChI=1S/C22H22N4O3/c1-13-9-16(10-14(2)21(13)27)15-5-8-20-24-22(25-26(20)12-15)23-18-11-17(28-3)6-7-19(18)29-4/h5-12,27H,1-4H3,(H,23,25). The summed E-state index contributed by atoms with van der Waals surface area (Å²) in [5.41, 5.74) is 5.11. The third-order valence-electron chi connectivity index (χ3n) is 4.81. The topological polar surface area (TPSA) is 80.9 Å². The van der Waals surface area contributed by atoms with Crippen LogP contribution in [-0.4, -0.2) is 33.9 Å². The van der Waals surface area contributed by atoms with Crippen molar-refractivity contribution in [1.29, 1.82) is 0 Å². The molecule has 0 unspecified atom stereocenters. The Morgan fingerprint density at radius 3 is 2.38 bits per heavy atom. The largest absolute Gasteiger partial charge is 0.507 e. The van der Waals surface area contributed by atoms with Gasteiger partial charge in [-0.1, -0.05) is 0 Å². The van der Waals surface area contributed by atoms with Crippen LogP contribution < -0.4 is 14.8 Å². The van der Waals surface area contributed by atoms with Crippen LogP contribution in [0.25, 0.3) is 16.8 Å². The first-order valence-corrected chi connectivity index (χ1v) is 9.14. The number of aryl methyl sites for hydroxylation is 2. The molecular weight excluding hydrogens is 368 g/mol. The Hall–Kier alpha value is -3.74. The fraction of sp³-hybridized carbons (Fsp3) is 0.182. The molecule has 7 heteroatoms. The highest BCUT2D eigenvalue weighted by Gasteiger charge is 2.11. The van der Waals surface area contributed by atoms with E-state index in [1.165, 1.54) is 0 Å². The van der Waals surface area contributed by atoms with Crippen molar-refractivity contribution in [1.82, 2.24) is 14.6 Å². The first-order valence-electron chi connectivity index (χ1n) is 9.14. The van der Waals surface area contributed by atoms with E-state index in [1.54, 1.807) is 18.7 Å². The second kappa shape index (κ2) is 7.35. The molecular formula is C22H22N4O3. The molecule has 0 atom stereocenters. The number of fused-ring (bicyclic) bond motifs is 1. The molecule has 2 heterocycles. The molecule has 0 aliphatic rings. The second-order valence-corrected chi connectivity index (χ2v) is 6.81. The third kappa shape index (κ3) is 3.54. The van der Waals surface area contributed by atoms with Gasteiger partial charge >= 0.3 is 0 Å². The summed E-state index contributed by atoms with van der Waals surface area (Å²) in [6, 6.07) is 13.3. The molecule has 2 N–H and O–H groups in total. The summed E-state index contributed by atoms with van der Waals surface area (Å²) in [4.78, 5) is 4.53. The lowest BCUT2D eigenvalue weighted by Gasteiger charge is -2.10. The lowest BCUT2D eigenvalue weighted by Crippen LogP contribution is -1.97. The van der Waals surface area contributed by atoms with Crippen LogP contribution in [0, 0.1) is 13.8 Å². The Bertz CT molecular complexity index is 1180. The lowest BCUT2D eigenvalue weighted by molar-refractivity contribution is 0.405. The smallest absolute Gasteiger partial charge is 0.247 e. The predicted molar refractivity (Wildman–Crippen MR) is 112 cm³/mol. The monoisotopic (exact) mass is 390 g/mol. The first kappa shape index (κ1) is 18.6. The van der Waals surface area contributed by atoms with Crippen molar-refractivity contribution < 1.29 is 14.6 Å². The van der Waals surface area contributed by atoms with Crippen LogP contribution in [0.2, 0.25) is 0 Å². The number of aromatic nitrogens is 3. The van der Waals surface area contributed by atoms with Crippen LogP contribution in [0.5, 0.6) is 17.2 Å². The Kier molecular flexibility index (Phi) is 4.72. The number of anilines is 2. The first-order chi connectivity index (χ1) is 14.0. The van der Waals surface area contributed by atoms with E-state index in [0.29, 0.717) is 34.5 Å². The second-order valence-electron chi connectivity index (χ2n) is 6.81. The van der Waals surface area contributed by atoms with E-state index in [2.05, 4.69) is 15.4 Å². The van der Waals surface area contributed by atoms with Gasteiger partial charge in [-0.05, 0) is 66.9 Å². The van der Waals surface area contributed by atoms with Crippen molar-refractivity contribution in [3.63, 3.8) is 0 Å². The van der Waals surface area contributed by atoms with Crippen molar-refractivity contribution in [2.24, 2.45) is 0 Å². The molecule has 0 aliphatic carbocycles. The minimum atomic E-state index is 0.328. The van der Waals surface area contributed by atoms with Gasteiger partial charge in [-0.25, -0.2) is 4.52 Å². The van der Waals surface area contributed by atoms with E-state index in [9.17, 15) is 5.11 Å². The quantitative estimate of drug-likeness (QED) is 0.523. The molecule has 2 aromatic carbocycles. The highest BCUT2D eigenvalue weighted by atomic mass is 16.5. The van der Waals surface area contributed by atoms with Crippen LogP contribution in [0.3, 0.4) is 0 Å². The van der Waals surface area contributed by atoms with Crippen LogP contribution in [0.4, 0.5) is 11.6 Å². The van der Waals surface area contributed by atoms with Gasteiger partial charge in [0.1, 0.15) is 17.2 Å². The zero-order chi connectivity index (χ0) is 20.5. The van der Waals surface area contributed by atoms with E-state index < -0.39 is 0 Å². The molecule has 0 spiro atoms. The van der Waals surface area contributed by atoms with E-state index in [0.717, 1.165) is 22.3 Å².